The quantitative estimate of drug-likeness (QED) is 0.875. The Morgan fingerprint density at radius 3 is 2.43 bits per heavy atom. The van der Waals surface area contributed by atoms with E-state index in [1.165, 1.54) is 12.1 Å². The Hall–Kier alpha value is -2.76. The fourth-order valence-corrected chi connectivity index (χ4v) is 2.29. The van der Waals surface area contributed by atoms with Crippen LogP contribution in [-0.2, 0) is 16.2 Å². The van der Waals surface area contributed by atoms with Crippen LogP contribution in [0, 0.1) is 5.82 Å². The Morgan fingerprint density at radius 2 is 1.78 bits per heavy atom. The summed E-state index contributed by atoms with van der Waals surface area (Å²) >= 11 is 0. The van der Waals surface area contributed by atoms with E-state index < -0.39 is 5.60 Å². The summed E-state index contributed by atoms with van der Waals surface area (Å²) in [5, 5.41) is 4.09. The smallest absolute Gasteiger partial charge is 0.275 e. The lowest BCUT2D eigenvalue weighted by atomic mass is 10.0. The summed E-state index contributed by atoms with van der Waals surface area (Å²) in [6.45, 7) is 3.67. The Bertz CT molecular complexity index is 742. The second-order valence-electron chi connectivity index (χ2n) is 5.77. The second kappa shape index (κ2) is 5.79. The molecular weight excluding hydrogens is 297 g/mol. The maximum atomic E-state index is 13.1. The average molecular weight is 313 g/mol. The SMILES string of the molecule is CC1(C)ON=C(c2ccc(F)cc2)N(Cc2ccncc2)C1=O. The first-order valence-electron chi connectivity index (χ1n) is 7.20. The molecule has 0 unspecified atom stereocenters. The summed E-state index contributed by atoms with van der Waals surface area (Å²) in [5.41, 5.74) is 0.487. The number of rotatable bonds is 3. The van der Waals surface area contributed by atoms with E-state index in [2.05, 4.69) is 10.1 Å². The molecule has 3 rings (SSSR count). The number of nitrogens with zero attached hydrogens (tertiary/aromatic N) is 3. The van der Waals surface area contributed by atoms with Crippen LogP contribution >= 0.6 is 0 Å². The van der Waals surface area contributed by atoms with Crippen molar-refractivity contribution in [2.75, 3.05) is 0 Å². The van der Waals surface area contributed by atoms with Crippen LogP contribution in [0.1, 0.15) is 25.0 Å². The minimum atomic E-state index is -1.05. The van der Waals surface area contributed by atoms with Crippen molar-refractivity contribution in [2.45, 2.75) is 26.0 Å². The fourth-order valence-electron chi connectivity index (χ4n) is 2.29. The van der Waals surface area contributed by atoms with E-state index in [9.17, 15) is 9.18 Å². The molecule has 1 aromatic heterocycles. The van der Waals surface area contributed by atoms with Crippen molar-refractivity contribution in [1.82, 2.24) is 9.88 Å². The summed E-state index contributed by atoms with van der Waals surface area (Å²) in [6, 6.07) is 9.46. The summed E-state index contributed by atoms with van der Waals surface area (Å²) in [5.74, 6) is -0.187. The van der Waals surface area contributed by atoms with Crippen LogP contribution in [-0.4, -0.2) is 27.2 Å². The molecule has 0 fully saturated rings. The monoisotopic (exact) mass is 313 g/mol. The third kappa shape index (κ3) is 3.06. The molecule has 5 nitrogen and oxygen atoms in total. The van der Waals surface area contributed by atoms with Crippen molar-refractivity contribution in [1.29, 1.82) is 0 Å². The number of halogens is 1. The van der Waals surface area contributed by atoms with Gasteiger partial charge in [-0.2, -0.15) is 0 Å². The first kappa shape index (κ1) is 15.1. The van der Waals surface area contributed by atoms with Crippen LogP contribution in [0.2, 0.25) is 0 Å². The van der Waals surface area contributed by atoms with Crippen LogP contribution < -0.4 is 0 Å². The summed E-state index contributed by atoms with van der Waals surface area (Å²) < 4.78 is 13.1. The summed E-state index contributed by atoms with van der Waals surface area (Å²) in [4.78, 5) is 23.6. The van der Waals surface area contributed by atoms with Crippen molar-refractivity contribution < 1.29 is 14.0 Å². The highest BCUT2D eigenvalue weighted by molar-refractivity contribution is 6.10. The number of amidine groups is 1. The topological polar surface area (TPSA) is 54.8 Å². The molecule has 1 amide bonds. The second-order valence-corrected chi connectivity index (χ2v) is 5.77. The molecule has 2 aromatic rings. The average Bonchev–Trinajstić information content (AvgIpc) is 2.54. The maximum absolute atomic E-state index is 13.1. The van der Waals surface area contributed by atoms with E-state index in [1.807, 2.05) is 12.1 Å². The zero-order valence-corrected chi connectivity index (χ0v) is 12.9. The maximum Gasteiger partial charge on any atom is 0.275 e. The van der Waals surface area contributed by atoms with E-state index in [4.69, 9.17) is 4.84 Å². The van der Waals surface area contributed by atoms with Gasteiger partial charge in [-0.05, 0) is 55.8 Å². The van der Waals surface area contributed by atoms with Gasteiger partial charge >= 0.3 is 0 Å². The lowest BCUT2D eigenvalue weighted by Gasteiger charge is -2.35. The fraction of sp³-hybridized carbons (Fsp3) is 0.235. The molecule has 0 saturated carbocycles. The van der Waals surface area contributed by atoms with Crippen LogP contribution in [0.3, 0.4) is 0 Å². The standard InChI is InChI=1S/C17H16FN3O2/c1-17(2)16(22)21(11-12-7-9-19-10-8-12)15(20-23-17)13-3-5-14(18)6-4-13/h3-10H,11H2,1-2H3. The Balaban J connectivity index is 1.99. The number of hydrogen-bond acceptors (Lipinski definition) is 4. The minimum Gasteiger partial charge on any atom is -0.378 e. The number of aromatic nitrogens is 1. The van der Waals surface area contributed by atoms with Gasteiger partial charge in [-0.25, -0.2) is 4.39 Å². The molecule has 0 spiro atoms. The number of pyridine rings is 1. The van der Waals surface area contributed by atoms with E-state index in [1.54, 1.807) is 43.3 Å². The molecule has 2 heterocycles. The van der Waals surface area contributed by atoms with Gasteiger partial charge in [-0.15, -0.1) is 0 Å². The van der Waals surface area contributed by atoms with Gasteiger partial charge in [-0.3, -0.25) is 14.7 Å². The number of carbonyl (C=O) groups is 1. The van der Waals surface area contributed by atoms with Gasteiger partial charge in [0.25, 0.3) is 5.91 Å². The molecule has 1 aliphatic rings. The van der Waals surface area contributed by atoms with Gasteiger partial charge in [-0.1, -0.05) is 5.16 Å². The van der Waals surface area contributed by atoms with Crippen molar-refractivity contribution >= 4 is 11.7 Å². The highest BCUT2D eigenvalue weighted by atomic mass is 19.1. The largest absolute Gasteiger partial charge is 0.378 e. The molecule has 0 saturated heterocycles. The van der Waals surface area contributed by atoms with E-state index >= 15 is 0 Å². The molecule has 6 heteroatoms. The molecule has 0 radical (unpaired) electrons. The lowest BCUT2D eigenvalue weighted by molar-refractivity contribution is -0.154. The number of benzene rings is 1. The number of carbonyl (C=O) groups excluding carboxylic acids is 1. The number of amides is 1. The highest BCUT2D eigenvalue weighted by Gasteiger charge is 2.41. The van der Waals surface area contributed by atoms with Crippen LogP contribution in [0.25, 0.3) is 0 Å². The molecule has 0 N–H and O–H groups in total. The van der Waals surface area contributed by atoms with Crippen LogP contribution in [0.15, 0.2) is 53.9 Å². The number of hydrogen-bond donors (Lipinski definition) is 0. The molecule has 0 aliphatic carbocycles. The normalized spacial score (nSPS) is 16.7. The predicted molar refractivity (Wildman–Crippen MR) is 82.9 cm³/mol. The zero-order chi connectivity index (χ0) is 16.4. The Kier molecular flexibility index (Phi) is 3.82. The van der Waals surface area contributed by atoms with Gasteiger partial charge in [0.2, 0.25) is 5.60 Å². The summed E-state index contributed by atoms with van der Waals surface area (Å²) in [6.07, 6.45) is 3.33. The van der Waals surface area contributed by atoms with Crippen molar-refractivity contribution in [3.63, 3.8) is 0 Å². The van der Waals surface area contributed by atoms with E-state index in [0.717, 1.165) is 5.56 Å². The lowest BCUT2D eigenvalue weighted by Crippen LogP contribution is -2.52. The molecular formula is C17H16FN3O2. The van der Waals surface area contributed by atoms with Gasteiger partial charge in [0.05, 0.1) is 6.54 Å². The zero-order valence-electron chi connectivity index (χ0n) is 12.9. The minimum absolute atomic E-state index is 0.205. The van der Waals surface area contributed by atoms with Gasteiger partial charge in [0, 0.05) is 18.0 Å². The van der Waals surface area contributed by atoms with Gasteiger partial charge < -0.3 is 4.84 Å². The third-order valence-corrected chi connectivity index (χ3v) is 3.57. The molecule has 23 heavy (non-hydrogen) atoms. The molecule has 0 bridgehead atoms. The van der Waals surface area contributed by atoms with Gasteiger partial charge in [0.1, 0.15) is 5.82 Å². The Labute approximate surface area is 133 Å². The predicted octanol–water partition coefficient (Wildman–Crippen LogP) is 2.72. The molecule has 1 aromatic carbocycles. The number of oxime groups is 1. The van der Waals surface area contributed by atoms with Crippen molar-refractivity contribution in [2.24, 2.45) is 5.16 Å². The molecule has 1 aliphatic heterocycles. The van der Waals surface area contributed by atoms with E-state index in [-0.39, 0.29) is 11.7 Å². The highest BCUT2D eigenvalue weighted by Crippen LogP contribution is 2.24. The summed E-state index contributed by atoms with van der Waals surface area (Å²) in [7, 11) is 0. The first-order chi connectivity index (χ1) is 11.0. The van der Waals surface area contributed by atoms with E-state index in [0.29, 0.717) is 17.9 Å². The van der Waals surface area contributed by atoms with Crippen LogP contribution in [0.5, 0.6) is 0 Å². The molecule has 118 valence electrons. The third-order valence-electron chi connectivity index (χ3n) is 3.57. The first-order valence-corrected chi connectivity index (χ1v) is 7.20. The van der Waals surface area contributed by atoms with Gasteiger partial charge in [0.15, 0.2) is 5.84 Å². The van der Waals surface area contributed by atoms with Crippen molar-refractivity contribution in [3.05, 3.63) is 65.7 Å². The van der Waals surface area contributed by atoms with Crippen molar-refractivity contribution in [3.8, 4) is 0 Å². The van der Waals surface area contributed by atoms with Crippen LogP contribution in [0.4, 0.5) is 4.39 Å². The molecule has 0 atom stereocenters. The Morgan fingerprint density at radius 1 is 1.13 bits per heavy atom.